The van der Waals surface area contributed by atoms with Crippen molar-refractivity contribution in [1.82, 2.24) is 15.1 Å². The molecule has 0 radical (unpaired) electrons. The summed E-state index contributed by atoms with van der Waals surface area (Å²) in [4.78, 5) is 12.4. The largest absolute Gasteiger partial charge is 0.392 e. The molecule has 3 rings (SSSR count). The van der Waals surface area contributed by atoms with Crippen molar-refractivity contribution in [1.29, 1.82) is 0 Å². The quantitative estimate of drug-likeness (QED) is 0.884. The summed E-state index contributed by atoms with van der Waals surface area (Å²) in [5.74, 6) is 0.155. The number of nitrogens with one attached hydrogen (secondary N) is 1. The van der Waals surface area contributed by atoms with Crippen molar-refractivity contribution in [3.05, 3.63) is 46.2 Å². The minimum Gasteiger partial charge on any atom is -0.392 e. The van der Waals surface area contributed by atoms with E-state index in [0.717, 1.165) is 29.8 Å². The predicted molar refractivity (Wildman–Crippen MR) is 89.3 cm³/mol. The van der Waals surface area contributed by atoms with Crippen LogP contribution in [0.15, 0.2) is 24.4 Å². The average Bonchev–Trinajstić information content (AvgIpc) is 3.26. The first-order valence-electron chi connectivity index (χ1n) is 7.78. The molecule has 1 atom stereocenters. The molecule has 1 aliphatic rings. The molecule has 1 aromatic heterocycles. The van der Waals surface area contributed by atoms with Crippen molar-refractivity contribution in [3.63, 3.8) is 0 Å². The topological polar surface area (TPSA) is 67.2 Å². The molecular formula is C17H20ClN3O2. The number of rotatable bonds is 5. The fourth-order valence-corrected chi connectivity index (χ4v) is 2.71. The number of aliphatic hydroxyl groups is 1. The molecule has 2 aromatic rings. The molecule has 0 spiro atoms. The van der Waals surface area contributed by atoms with Gasteiger partial charge >= 0.3 is 0 Å². The first-order valence-corrected chi connectivity index (χ1v) is 8.16. The van der Waals surface area contributed by atoms with Gasteiger partial charge in [0.15, 0.2) is 0 Å². The maximum atomic E-state index is 12.4. The summed E-state index contributed by atoms with van der Waals surface area (Å²) in [7, 11) is 0. The van der Waals surface area contributed by atoms with Crippen molar-refractivity contribution in [2.45, 2.75) is 38.7 Å². The molecule has 1 aromatic carbocycles. The van der Waals surface area contributed by atoms with E-state index in [1.165, 1.54) is 0 Å². The number of aryl methyl sites for hydroxylation is 1. The maximum absolute atomic E-state index is 12.4. The minimum atomic E-state index is -0.575. The van der Waals surface area contributed by atoms with Crippen molar-refractivity contribution in [2.24, 2.45) is 0 Å². The highest BCUT2D eigenvalue weighted by Crippen LogP contribution is 2.42. The van der Waals surface area contributed by atoms with E-state index in [0.29, 0.717) is 16.5 Å². The number of aromatic nitrogens is 2. The van der Waals surface area contributed by atoms with E-state index in [9.17, 15) is 9.90 Å². The summed E-state index contributed by atoms with van der Waals surface area (Å²) in [6.45, 7) is 3.82. The smallest absolute Gasteiger partial charge is 0.254 e. The number of aliphatic hydroxyl groups excluding tert-OH is 1. The van der Waals surface area contributed by atoms with E-state index in [4.69, 9.17) is 11.6 Å². The standard InChI is InChI=1S/C17H20ClN3O2/c1-10-3-6-13(7-15(10)18)21-16(12-4-5-12)14(9-20-21)17(23)19-8-11(2)22/h3,6-7,9,11-12,22H,4-5,8H2,1-2H3,(H,19,23). The summed E-state index contributed by atoms with van der Waals surface area (Å²) in [6, 6.07) is 5.77. The van der Waals surface area contributed by atoms with Gasteiger partial charge in [0.1, 0.15) is 0 Å². The SMILES string of the molecule is Cc1ccc(-n2ncc(C(=O)NCC(C)O)c2C2CC2)cc1Cl. The zero-order chi connectivity index (χ0) is 16.6. The molecule has 6 heteroatoms. The third-order valence-electron chi connectivity index (χ3n) is 3.97. The van der Waals surface area contributed by atoms with Gasteiger partial charge in [-0.25, -0.2) is 4.68 Å². The van der Waals surface area contributed by atoms with Gasteiger partial charge in [-0.05, 0) is 44.4 Å². The maximum Gasteiger partial charge on any atom is 0.254 e. The van der Waals surface area contributed by atoms with Gasteiger partial charge in [0.2, 0.25) is 0 Å². The van der Waals surface area contributed by atoms with Crippen molar-refractivity contribution in [2.75, 3.05) is 6.54 Å². The molecule has 1 unspecified atom stereocenters. The van der Waals surface area contributed by atoms with Gasteiger partial charge in [-0.1, -0.05) is 17.7 Å². The second-order valence-corrected chi connectivity index (χ2v) is 6.53. The lowest BCUT2D eigenvalue weighted by Crippen LogP contribution is -2.31. The number of carbonyl (C=O) groups is 1. The van der Waals surface area contributed by atoms with Gasteiger partial charge in [0.25, 0.3) is 5.91 Å². The number of halogens is 1. The summed E-state index contributed by atoms with van der Waals surface area (Å²) in [5, 5.41) is 17.1. The summed E-state index contributed by atoms with van der Waals surface area (Å²) < 4.78 is 1.81. The van der Waals surface area contributed by atoms with Crippen LogP contribution < -0.4 is 5.32 Å². The number of nitrogens with zero attached hydrogens (tertiary/aromatic N) is 2. The van der Waals surface area contributed by atoms with Crippen LogP contribution in [0.5, 0.6) is 0 Å². The fraction of sp³-hybridized carbons (Fsp3) is 0.412. The van der Waals surface area contributed by atoms with Crippen LogP contribution in [-0.4, -0.2) is 33.4 Å². The van der Waals surface area contributed by atoms with Gasteiger partial charge in [0.05, 0.1) is 29.2 Å². The van der Waals surface area contributed by atoms with Crippen molar-refractivity contribution in [3.8, 4) is 5.69 Å². The number of amides is 1. The zero-order valence-corrected chi connectivity index (χ0v) is 14.0. The Kier molecular flexibility index (Phi) is 4.41. The molecule has 5 nitrogen and oxygen atoms in total. The van der Waals surface area contributed by atoms with Crippen LogP contribution in [0.3, 0.4) is 0 Å². The Morgan fingerprint density at radius 3 is 2.87 bits per heavy atom. The third kappa shape index (κ3) is 3.41. The number of benzene rings is 1. The number of hydrogen-bond donors (Lipinski definition) is 2. The molecule has 1 fully saturated rings. The van der Waals surface area contributed by atoms with Crippen LogP contribution in [-0.2, 0) is 0 Å². The lowest BCUT2D eigenvalue weighted by molar-refractivity contribution is 0.0923. The normalized spacial score (nSPS) is 15.5. The molecule has 0 saturated heterocycles. The second kappa shape index (κ2) is 6.34. The molecule has 1 heterocycles. The molecule has 1 amide bonds. The van der Waals surface area contributed by atoms with Crippen LogP contribution in [0.4, 0.5) is 0 Å². The number of hydrogen-bond acceptors (Lipinski definition) is 3. The third-order valence-corrected chi connectivity index (χ3v) is 4.38. The Morgan fingerprint density at radius 1 is 1.52 bits per heavy atom. The van der Waals surface area contributed by atoms with Crippen LogP contribution in [0.2, 0.25) is 5.02 Å². The van der Waals surface area contributed by atoms with E-state index in [-0.39, 0.29) is 12.5 Å². The number of carbonyl (C=O) groups excluding carboxylic acids is 1. The lowest BCUT2D eigenvalue weighted by atomic mass is 10.1. The molecule has 122 valence electrons. The summed E-state index contributed by atoms with van der Waals surface area (Å²) in [5.41, 5.74) is 3.36. The molecule has 23 heavy (non-hydrogen) atoms. The van der Waals surface area contributed by atoms with Crippen molar-refractivity contribution < 1.29 is 9.90 Å². The monoisotopic (exact) mass is 333 g/mol. The van der Waals surface area contributed by atoms with E-state index in [2.05, 4.69) is 10.4 Å². The highest BCUT2D eigenvalue weighted by atomic mass is 35.5. The van der Waals surface area contributed by atoms with Crippen LogP contribution >= 0.6 is 11.6 Å². The Labute approximate surface area is 140 Å². The first-order chi connectivity index (χ1) is 11.0. The Bertz CT molecular complexity index is 735. The van der Waals surface area contributed by atoms with E-state index < -0.39 is 6.10 Å². The second-order valence-electron chi connectivity index (χ2n) is 6.12. The van der Waals surface area contributed by atoms with Crippen LogP contribution in [0.1, 0.15) is 47.3 Å². The zero-order valence-electron chi connectivity index (χ0n) is 13.2. The Hall–Kier alpha value is -1.85. The average molecular weight is 334 g/mol. The summed E-state index contributed by atoms with van der Waals surface area (Å²) >= 11 is 6.22. The molecule has 0 aliphatic heterocycles. The lowest BCUT2D eigenvalue weighted by Gasteiger charge is -2.11. The fourth-order valence-electron chi connectivity index (χ4n) is 2.54. The molecular weight excluding hydrogens is 314 g/mol. The van der Waals surface area contributed by atoms with E-state index >= 15 is 0 Å². The summed E-state index contributed by atoms with van der Waals surface area (Å²) in [6.07, 6.45) is 3.14. The Morgan fingerprint density at radius 2 is 2.26 bits per heavy atom. The van der Waals surface area contributed by atoms with Gasteiger partial charge < -0.3 is 10.4 Å². The van der Waals surface area contributed by atoms with Gasteiger partial charge in [-0.15, -0.1) is 0 Å². The minimum absolute atomic E-state index is 0.197. The highest BCUT2D eigenvalue weighted by Gasteiger charge is 2.33. The van der Waals surface area contributed by atoms with Gasteiger partial charge in [0, 0.05) is 17.5 Å². The molecule has 1 aliphatic carbocycles. The van der Waals surface area contributed by atoms with Gasteiger partial charge in [-0.3, -0.25) is 4.79 Å². The molecule has 0 bridgehead atoms. The molecule has 2 N–H and O–H groups in total. The highest BCUT2D eigenvalue weighted by molar-refractivity contribution is 6.31. The molecule has 1 saturated carbocycles. The van der Waals surface area contributed by atoms with E-state index in [1.807, 2.05) is 25.1 Å². The predicted octanol–water partition coefficient (Wildman–Crippen LogP) is 2.82. The van der Waals surface area contributed by atoms with Crippen LogP contribution in [0, 0.1) is 6.92 Å². The van der Waals surface area contributed by atoms with E-state index in [1.54, 1.807) is 17.8 Å². The van der Waals surface area contributed by atoms with Crippen LogP contribution in [0.25, 0.3) is 5.69 Å². The van der Waals surface area contributed by atoms with Crippen molar-refractivity contribution >= 4 is 17.5 Å². The Balaban J connectivity index is 1.95. The first kappa shape index (κ1) is 16.0. The van der Waals surface area contributed by atoms with Gasteiger partial charge in [-0.2, -0.15) is 5.10 Å².